The van der Waals surface area contributed by atoms with E-state index in [0.717, 1.165) is 29.2 Å². The van der Waals surface area contributed by atoms with Gasteiger partial charge in [-0.2, -0.15) is 5.26 Å². The highest BCUT2D eigenvalue weighted by Gasteiger charge is 2.30. The number of unbranched alkanes of at least 4 members (excludes halogenated alkanes) is 1. The van der Waals surface area contributed by atoms with Crippen molar-refractivity contribution in [3.63, 3.8) is 0 Å². The van der Waals surface area contributed by atoms with Crippen LogP contribution in [0.1, 0.15) is 49.6 Å². The van der Waals surface area contributed by atoms with Gasteiger partial charge in [0.25, 0.3) is 0 Å². The van der Waals surface area contributed by atoms with Gasteiger partial charge in [-0.3, -0.25) is 4.98 Å². The molecule has 96 valence electrons. The molecule has 3 nitrogen and oxygen atoms in total. The van der Waals surface area contributed by atoms with E-state index >= 15 is 0 Å². The number of rotatable bonds is 5. The van der Waals surface area contributed by atoms with Crippen LogP contribution in [-0.4, -0.2) is 17.6 Å². The average molecular weight is 243 g/mol. The van der Waals surface area contributed by atoms with Crippen molar-refractivity contribution in [3.05, 3.63) is 23.0 Å². The van der Waals surface area contributed by atoms with Crippen molar-refractivity contribution in [1.29, 1.82) is 5.26 Å². The maximum atomic E-state index is 9.35. The molecule has 0 atom stereocenters. The summed E-state index contributed by atoms with van der Waals surface area (Å²) in [7, 11) is 0. The van der Waals surface area contributed by atoms with Crippen molar-refractivity contribution < 1.29 is 0 Å². The van der Waals surface area contributed by atoms with Gasteiger partial charge >= 0.3 is 0 Å². The first kappa shape index (κ1) is 12.9. The standard InChI is InChI=1S/C15H21N3/c1-4-5-8-18(13-6-7-13)15-9-11(2)17-12(3)14(15)10-16/h9,13H,4-8H2,1-3H3. The quantitative estimate of drug-likeness (QED) is 0.796. The Balaban J connectivity index is 2.37. The van der Waals surface area contributed by atoms with E-state index in [9.17, 15) is 5.26 Å². The van der Waals surface area contributed by atoms with Crippen LogP contribution < -0.4 is 4.90 Å². The molecule has 0 N–H and O–H groups in total. The van der Waals surface area contributed by atoms with E-state index in [2.05, 4.69) is 28.9 Å². The summed E-state index contributed by atoms with van der Waals surface area (Å²) in [6.45, 7) is 7.20. The Morgan fingerprint density at radius 2 is 2.17 bits per heavy atom. The van der Waals surface area contributed by atoms with E-state index < -0.39 is 0 Å². The summed E-state index contributed by atoms with van der Waals surface area (Å²) in [6, 6.07) is 5.04. The molecule has 1 fully saturated rings. The van der Waals surface area contributed by atoms with Crippen LogP contribution in [0.5, 0.6) is 0 Å². The Morgan fingerprint density at radius 3 is 2.72 bits per heavy atom. The Kier molecular flexibility index (Phi) is 3.86. The van der Waals surface area contributed by atoms with E-state index in [1.807, 2.05) is 13.8 Å². The molecule has 1 saturated carbocycles. The van der Waals surface area contributed by atoms with Crippen molar-refractivity contribution in [2.24, 2.45) is 0 Å². The second kappa shape index (κ2) is 5.39. The van der Waals surface area contributed by atoms with E-state index in [1.54, 1.807) is 0 Å². The first-order valence-corrected chi connectivity index (χ1v) is 6.82. The molecule has 1 heterocycles. The number of nitrogens with zero attached hydrogens (tertiary/aromatic N) is 3. The molecule has 0 saturated heterocycles. The highest BCUT2D eigenvalue weighted by atomic mass is 15.2. The smallest absolute Gasteiger partial charge is 0.103 e. The van der Waals surface area contributed by atoms with Gasteiger partial charge in [-0.25, -0.2) is 0 Å². The van der Waals surface area contributed by atoms with E-state index in [-0.39, 0.29) is 0 Å². The summed E-state index contributed by atoms with van der Waals surface area (Å²) < 4.78 is 0. The minimum Gasteiger partial charge on any atom is -0.367 e. The van der Waals surface area contributed by atoms with Gasteiger partial charge in [0.1, 0.15) is 6.07 Å². The van der Waals surface area contributed by atoms with Crippen molar-refractivity contribution >= 4 is 5.69 Å². The second-order valence-electron chi connectivity index (χ2n) is 5.13. The molecule has 2 rings (SSSR count). The topological polar surface area (TPSA) is 39.9 Å². The zero-order valence-corrected chi connectivity index (χ0v) is 11.5. The number of hydrogen-bond donors (Lipinski definition) is 0. The highest BCUT2D eigenvalue weighted by Crippen LogP contribution is 2.34. The Morgan fingerprint density at radius 1 is 1.44 bits per heavy atom. The lowest BCUT2D eigenvalue weighted by Crippen LogP contribution is -2.28. The van der Waals surface area contributed by atoms with Crippen molar-refractivity contribution in [2.75, 3.05) is 11.4 Å². The predicted octanol–water partition coefficient (Wildman–Crippen LogP) is 3.34. The average Bonchev–Trinajstić information content (AvgIpc) is 3.13. The number of aromatic nitrogens is 1. The normalized spacial score (nSPS) is 14.3. The van der Waals surface area contributed by atoms with Crippen LogP contribution in [0, 0.1) is 25.2 Å². The third-order valence-corrected chi connectivity index (χ3v) is 3.47. The fraction of sp³-hybridized carbons (Fsp3) is 0.600. The Hall–Kier alpha value is -1.56. The van der Waals surface area contributed by atoms with Crippen molar-refractivity contribution in [2.45, 2.75) is 52.5 Å². The number of nitriles is 1. The molecule has 0 unspecified atom stereocenters. The minimum absolute atomic E-state index is 0.643. The van der Waals surface area contributed by atoms with Crippen LogP contribution in [0.3, 0.4) is 0 Å². The van der Waals surface area contributed by atoms with Gasteiger partial charge in [-0.15, -0.1) is 0 Å². The summed E-state index contributed by atoms with van der Waals surface area (Å²) in [5, 5.41) is 9.35. The largest absolute Gasteiger partial charge is 0.367 e. The summed E-state index contributed by atoms with van der Waals surface area (Å²) in [5.41, 5.74) is 3.71. The number of anilines is 1. The number of hydrogen-bond acceptors (Lipinski definition) is 3. The lowest BCUT2D eigenvalue weighted by atomic mass is 10.1. The van der Waals surface area contributed by atoms with Crippen LogP contribution >= 0.6 is 0 Å². The first-order chi connectivity index (χ1) is 8.67. The zero-order chi connectivity index (χ0) is 13.1. The Labute approximate surface area is 109 Å². The summed E-state index contributed by atoms with van der Waals surface area (Å²) in [4.78, 5) is 6.82. The molecule has 1 aromatic heterocycles. The zero-order valence-electron chi connectivity index (χ0n) is 11.5. The molecule has 0 amide bonds. The SMILES string of the molecule is CCCCN(c1cc(C)nc(C)c1C#N)C1CC1. The number of aryl methyl sites for hydroxylation is 2. The molecular formula is C15H21N3. The maximum Gasteiger partial charge on any atom is 0.103 e. The van der Waals surface area contributed by atoms with Crippen molar-refractivity contribution in [1.82, 2.24) is 4.98 Å². The molecule has 3 heteroatoms. The molecule has 1 aromatic rings. The van der Waals surface area contributed by atoms with Gasteiger partial charge in [-0.1, -0.05) is 13.3 Å². The Bertz CT molecular complexity index is 469. The lowest BCUT2D eigenvalue weighted by Gasteiger charge is -2.26. The first-order valence-electron chi connectivity index (χ1n) is 6.82. The summed E-state index contributed by atoms with van der Waals surface area (Å²) >= 11 is 0. The molecule has 0 bridgehead atoms. The molecule has 18 heavy (non-hydrogen) atoms. The van der Waals surface area contributed by atoms with E-state index in [4.69, 9.17) is 0 Å². The highest BCUT2D eigenvalue weighted by molar-refractivity contribution is 5.62. The van der Waals surface area contributed by atoms with Gasteiger partial charge in [0.15, 0.2) is 0 Å². The molecular weight excluding hydrogens is 222 g/mol. The minimum atomic E-state index is 0.643. The van der Waals surface area contributed by atoms with E-state index in [0.29, 0.717) is 6.04 Å². The predicted molar refractivity (Wildman–Crippen MR) is 73.7 cm³/mol. The number of pyridine rings is 1. The van der Waals surface area contributed by atoms with Crippen LogP contribution in [0.15, 0.2) is 6.07 Å². The van der Waals surface area contributed by atoms with Gasteiger partial charge in [-0.05, 0) is 39.2 Å². The fourth-order valence-electron chi connectivity index (χ4n) is 2.39. The fourth-order valence-corrected chi connectivity index (χ4v) is 2.39. The molecule has 0 radical (unpaired) electrons. The van der Waals surface area contributed by atoms with Gasteiger partial charge in [0.05, 0.1) is 16.9 Å². The lowest BCUT2D eigenvalue weighted by molar-refractivity contribution is 0.711. The monoisotopic (exact) mass is 243 g/mol. The van der Waals surface area contributed by atoms with Crippen molar-refractivity contribution in [3.8, 4) is 6.07 Å². The molecule has 0 aromatic carbocycles. The summed E-state index contributed by atoms with van der Waals surface area (Å²) in [5.74, 6) is 0. The van der Waals surface area contributed by atoms with E-state index in [1.165, 1.54) is 25.7 Å². The van der Waals surface area contributed by atoms with Crippen LogP contribution in [0.2, 0.25) is 0 Å². The van der Waals surface area contributed by atoms with Crippen LogP contribution in [-0.2, 0) is 0 Å². The molecule has 1 aliphatic rings. The van der Waals surface area contributed by atoms with Gasteiger partial charge < -0.3 is 4.90 Å². The summed E-state index contributed by atoms with van der Waals surface area (Å²) in [6.07, 6.45) is 4.89. The third-order valence-electron chi connectivity index (χ3n) is 3.47. The maximum absolute atomic E-state index is 9.35. The third kappa shape index (κ3) is 2.64. The molecule has 0 spiro atoms. The van der Waals surface area contributed by atoms with Gasteiger partial charge in [0, 0.05) is 18.3 Å². The molecule has 1 aliphatic carbocycles. The molecule has 0 aliphatic heterocycles. The van der Waals surface area contributed by atoms with Crippen LogP contribution in [0.4, 0.5) is 5.69 Å². The van der Waals surface area contributed by atoms with Crippen LogP contribution in [0.25, 0.3) is 0 Å². The van der Waals surface area contributed by atoms with Gasteiger partial charge in [0.2, 0.25) is 0 Å². The second-order valence-corrected chi connectivity index (χ2v) is 5.13.